The minimum Gasteiger partial charge on any atom is -0.481 e. The molecule has 3 rings (SSSR count). The zero-order chi connectivity index (χ0) is 16.4. The third-order valence-corrected chi connectivity index (χ3v) is 5.65. The average Bonchev–Trinajstić information content (AvgIpc) is 2.98. The summed E-state index contributed by atoms with van der Waals surface area (Å²) in [7, 11) is 0. The lowest BCUT2D eigenvalue weighted by Crippen LogP contribution is -2.43. The highest BCUT2D eigenvalue weighted by atomic mass is 35.5. The third-order valence-electron chi connectivity index (χ3n) is 4.36. The number of likely N-dealkylation sites (tertiary alicyclic amines) is 1. The van der Waals surface area contributed by atoms with Crippen molar-refractivity contribution in [2.75, 3.05) is 6.54 Å². The van der Waals surface area contributed by atoms with E-state index < -0.39 is 5.97 Å². The van der Waals surface area contributed by atoms with Gasteiger partial charge in [-0.2, -0.15) is 0 Å². The molecule has 1 N–H and O–H groups in total. The second-order valence-electron chi connectivity index (χ2n) is 6.03. The first kappa shape index (κ1) is 16.4. The molecule has 6 heteroatoms. The number of piperidine rings is 1. The van der Waals surface area contributed by atoms with Crippen molar-refractivity contribution in [3.05, 3.63) is 40.4 Å². The van der Waals surface area contributed by atoms with Gasteiger partial charge in [0, 0.05) is 40.8 Å². The Kier molecular flexibility index (Phi) is 4.99. The molecule has 0 radical (unpaired) electrons. The van der Waals surface area contributed by atoms with Crippen LogP contribution in [0.1, 0.15) is 24.6 Å². The van der Waals surface area contributed by atoms with Crippen molar-refractivity contribution in [2.45, 2.75) is 32.4 Å². The van der Waals surface area contributed by atoms with E-state index >= 15 is 0 Å². The first-order chi connectivity index (χ1) is 11.0. The largest absolute Gasteiger partial charge is 0.481 e. The smallest absolute Gasteiger partial charge is 0.307 e. The van der Waals surface area contributed by atoms with Gasteiger partial charge in [-0.1, -0.05) is 23.7 Å². The summed E-state index contributed by atoms with van der Waals surface area (Å²) in [5.74, 6) is -0.942. The average molecular weight is 351 g/mol. The van der Waals surface area contributed by atoms with Gasteiger partial charge in [-0.25, -0.2) is 4.98 Å². The second kappa shape index (κ2) is 6.99. The quantitative estimate of drug-likeness (QED) is 0.900. The summed E-state index contributed by atoms with van der Waals surface area (Å²) < 4.78 is 0. The molecule has 2 unspecified atom stereocenters. The van der Waals surface area contributed by atoms with Gasteiger partial charge >= 0.3 is 5.97 Å². The highest BCUT2D eigenvalue weighted by molar-refractivity contribution is 7.15. The maximum absolute atomic E-state index is 11.2. The highest BCUT2D eigenvalue weighted by Crippen LogP contribution is 2.29. The molecule has 2 heterocycles. The number of halogens is 1. The number of thiazole rings is 1. The summed E-state index contributed by atoms with van der Waals surface area (Å²) in [6.45, 7) is 3.54. The van der Waals surface area contributed by atoms with Crippen LogP contribution in [0.4, 0.5) is 0 Å². The van der Waals surface area contributed by atoms with E-state index in [2.05, 4.69) is 16.8 Å². The van der Waals surface area contributed by atoms with E-state index in [0.717, 1.165) is 34.8 Å². The van der Waals surface area contributed by atoms with Crippen molar-refractivity contribution in [3.8, 4) is 10.6 Å². The van der Waals surface area contributed by atoms with Gasteiger partial charge in [0.2, 0.25) is 0 Å². The molecule has 122 valence electrons. The van der Waals surface area contributed by atoms with Gasteiger partial charge in [-0.3, -0.25) is 9.69 Å². The van der Waals surface area contributed by atoms with Gasteiger partial charge < -0.3 is 5.11 Å². The molecule has 1 saturated heterocycles. The number of carbonyl (C=O) groups is 1. The summed E-state index contributed by atoms with van der Waals surface area (Å²) in [6, 6.07) is 8.07. The van der Waals surface area contributed by atoms with Crippen LogP contribution in [0.2, 0.25) is 5.02 Å². The molecule has 0 bridgehead atoms. The monoisotopic (exact) mass is 350 g/mol. The SMILES string of the molecule is CC1CCC(C(=O)O)CN1Cc1cnc(-c2ccc(Cl)cc2)s1. The van der Waals surface area contributed by atoms with Crippen LogP contribution in [-0.4, -0.2) is 33.5 Å². The molecule has 1 aromatic heterocycles. The minimum absolute atomic E-state index is 0.255. The third kappa shape index (κ3) is 3.91. The Labute approximate surface area is 144 Å². The number of carboxylic acids is 1. The lowest BCUT2D eigenvalue weighted by molar-refractivity contribution is -0.144. The van der Waals surface area contributed by atoms with Crippen LogP contribution < -0.4 is 0 Å². The van der Waals surface area contributed by atoms with Crippen LogP contribution in [0.5, 0.6) is 0 Å². The van der Waals surface area contributed by atoms with Gasteiger partial charge in [0.25, 0.3) is 0 Å². The van der Waals surface area contributed by atoms with Gasteiger partial charge in [0.05, 0.1) is 5.92 Å². The highest BCUT2D eigenvalue weighted by Gasteiger charge is 2.29. The van der Waals surface area contributed by atoms with Crippen molar-refractivity contribution in [1.29, 1.82) is 0 Å². The molecular weight excluding hydrogens is 332 g/mol. The molecule has 2 aromatic rings. The Morgan fingerprint density at radius 3 is 2.83 bits per heavy atom. The topological polar surface area (TPSA) is 53.4 Å². The first-order valence-electron chi connectivity index (χ1n) is 7.70. The molecule has 1 aliphatic heterocycles. The van der Waals surface area contributed by atoms with Crippen molar-refractivity contribution in [1.82, 2.24) is 9.88 Å². The zero-order valence-corrected chi connectivity index (χ0v) is 14.5. The van der Waals surface area contributed by atoms with Gasteiger partial charge in [0.15, 0.2) is 0 Å². The standard InChI is InChI=1S/C17H19ClN2O2S/c1-11-2-3-13(17(21)22)9-20(11)10-15-8-19-16(23-15)12-4-6-14(18)7-5-12/h4-8,11,13H,2-3,9-10H2,1H3,(H,21,22). The van der Waals surface area contributed by atoms with Crippen molar-refractivity contribution in [3.63, 3.8) is 0 Å². The van der Waals surface area contributed by atoms with Crippen LogP contribution in [0.15, 0.2) is 30.5 Å². The van der Waals surface area contributed by atoms with E-state index in [1.165, 1.54) is 0 Å². The van der Waals surface area contributed by atoms with Crippen molar-refractivity contribution in [2.24, 2.45) is 5.92 Å². The molecule has 0 spiro atoms. The molecule has 0 aliphatic carbocycles. The molecule has 1 aromatic carbocycles. The molecule has 0 saturated carbocycles. The van der Waals surface area contributed by atoms with Crippen LogP contribution in [0, 0.1) is 5.92 Å². The number of hydrogen-bond donors (Lipinski definition) is 1. The summed E-state index contributed by atoms with van der Waals surface area (Å²) in [4.78, 5) is 19.1. The molecule has 23 heavy (non-hydrogen) atoms. The van der Waals surface area contributed by atoms with Crippen LogP contribution in [-0.2, 0) is 11.3 Å². The maximum atomic E-state index is 11.2. The zero-order valence-electron chi connectivity index (χ0n) is 12.9. The molecule has 0 amide bonds. The van der Waals surface area contributed by atoms with E-state index in [-0.39, 0.29) is 5.92 Å². The Morgan fingerprint density at radius 1 is 1.39 bits per heavy atom. The molecule has 2 atom stereocenters. The van der Waals surface area contributed by atoms with E-state index in [0.29, 0.717) is 17.6 Å². The minimum atomic E-state index is -0.687. The first-order valence-corrected chi connectivity index (χ1v) is 8.90. The van der Waals surface area contributed by atoms with E-state index in [9.17, 15) is 9.90 Å². The van der Waals surface area contributed by atoms with Gasteiger partial charge in [-0.15, -0.1) is 11.3 Å². The van der Waals surface area contributed by atoms with Crippen LogP contribution >= 0.6 is 22.9 Å². The number of rotatable bonds is 4. The fourth-order valence-electron chi connectivity index (χ4n) is 2.91. The summed E-state index contributed by atoms with van der Waals surface area (Å²) in [6.07, 6.45) is 3.59. The van der Waals surface area contributed by atoms with Crippen molar-refractivity contribution >= 4 is 28.9 Å². The van der Waals surface area contributed by atoms with Crippen molar-refractivity contribution < 1.29 is 9.90 Å². The normalized spacial score (nSPS) is 22.2. The maximum Gasteiger partial charge on any atom is 0.307 e. The lowest BCUT2D eigenvalue weighted by Gasteiger charge is -2.36. The Bertz CT molecular complexity index is 686. The summed E-state index contributed by atoms with van der Waals surface area (Å²) >= 11 is 7.57. The fraction of sp³-hybridized carbons (Fsp3) is 0.412. The molecule has 4 nitrogen and oxygen atoms in total. The Morgan fingerprint density at radius 2 is 2.13 bits per heavy atom. The number of nitrogens with zero attached hydrogens (tertiary/aromatic N) is 2. The van der Waals surface area contributed by atoms with E-state index in [4.69, 9.17) is 11.6 Å². The summed E-state index contributed by atoms with van der Waals surface area (Å²) in [5.41, 5.74) is 1.06. The predicted octanol–water partition coefficient (Wildman–Crippen LogP) is 4.15. The fourth-order valence-corrected chi connectivity index (χ4v) is 3.98. The predicted molar refractivity (Wildman–Crippen MR) is 92.8 cm³/mol. The number of carboxylic acid groups (broad SMARTS) is 1. The Balaban J connectivity index is 1.70. The van der Waals surface area contributed by atoms with E-state index in [1.54, 1.807) is 11.3 Å². The lowest BCUT2D eigenvalue weighted by atomic mass is 9.93. The number of aliphatic carboxylic acids is 1. The number of hydrogen-bond acceptors (Lipinski definition) is 4. The van der Waals surface area contributed by atoms with E-state index in [1.807, 2.05) is 30.5 Å². The second-order valence-corrected chi connectivity index (χ2v) is 7.58. The number of benzene rings is 1. The molecule has 1 fully saturated rings. The molecule has 1 aliphatic rings. The van der Waals surface area contributed by atoms with Gasteiger partial charge in [-0.05, 0) is 31.9 Å². The van der Waals surface area contributed by atoms with Crippen LogP contribution in [0.25, 0.3) is 10.6 Å². The van der Waals surface area contributed by atoms with Crippen LogP contribution in [0.3, 0.4) is 0 Å². The Hall–Kier alpha value is -1.43. The molecular formula is C17H19ClN2O2S. The summed E-state index contributed by atoms with van der Waals surface area (Å²) in [5, 5.41) is 10.9. The van der Waals surface area contributed by atoms with Gasteiger partial charge in [0.1, 0.15) is 5.01 Å². The number of aromatic nitrogens is 1.